The van der Waals surface area contributed by atoms with Gasteiger partial charge in [-0.05, 0) is 49.8 Å². The molecule has 1 aromatic rings. The van der Waals surface area contributed by atoms with Crippen molar-refractivity contribution in [3.8, 4) is 0 Å². The maximum absolute atomic E-state index is 12.9. The predicted octanol–water partition coefficient (Wildman–Crippen LogP) is 3.29. The molecular formula is C18H25ClN2OS. The van der Waals surface area contributed by atoms with Gasteiger partial charge in [0.2, 0.25) is 5.91 Å². The summed E-state index contributed by atoms with van der Waals surface area (Å²) in [6, 6.07) is 9.11. The van der Waals surface area contributed by atoms with Crippen LogP contribution in [-0.2, 0) is 4.79 Å². The lowest BCUT2D eigenvalue weighted by molar-refractivity contribution is -0.133. The summed E-state index contributed by atoms with van der Waals surface area (Å²) < 4.78 is 0. The largest absolute Gasteiger partial charge is 0.342 e. The van der Waals surface area contributed by atoms with Gasteiger partial charge in [-0.3, -0.25) is 4.79 Å². The molecule has 0 saturated carbocycles. The standard InChI is InChI=1S/C18H24N2OS.ClH/c21-18(15-12-22-17-6-2-1-4-14(15)17)20-10-7-13(8-11-20)16-5-3-9-19-16;/h1-2,4,6,13,15-16,19H,3,5,7-12H2;1H. The lowest BCUT2D eigenvalue weighted by atomic mass is 9.88. The molecule has 1 aromatic carbocycles. The number of halogens is 1. The van der Waals surface area contributed by atoms with Gasteiger partial charge < -0.3 is 10.2 Å². The van der Waals surface area contributed by atoms with Crippen LogP contribution in [0.4, 0.5) is 0 Å². The number of fused-ring (bicyclic) bond motifs is 1. The molecule has 0 spiro atoms. The van der Waals surface area contributed by atoms with E-state index in [1.807, 2.05) is 11.8 Å². The third-order valence-corrected chi connectivity index (χ3v) is 6.70. The molecule has 0 aliphatic carbocycles. The Balaban J connectivity index is 0.00000156. The normalized spacial score (nSPS) is 27.6. The first-order valence-corrected chi connectivity index (χ1v) is 9.55. The van der Waals surface area contributed by atoms with Gasteiger partial charge in [-0.15, -0.1) is 24.2 Å². The van der Waals surface area contributed by atoms with Crippen LogP contribution >= 0.6 is 24.2 Å². The number of carbonyl (C=O) groups excluding carboxylic acids is 1. The number of carbonyl (C=O) groups is 1. The zero-order valence-electron chi connectivity index (χ0n) is 13.4. The number of hydrogen-bond acceptors (Lipinski definition) is 3. The number of thioether (sulfide) groups is 1. The molecule has 3 nitrogen and oxygen atoms in total. The Morgan fingerprint density at radius 1 is 1.17 bits per heavy atom. The van der Waals surface area contributed by atoms with E-state index in [1.54, 1.807) is 0 Å². The molecule has 0 aromatic heterocycles. The number of rotatable bonds is 2. The second-order valence-electron chi connectivity index (χ2n) is 6.77. The van der Waals surface area contributed by atoms with Crippen LogP contribution in [0.1, 0.15) is 37.2 Å². The van der Waals surface area contributed by atoms with E-state index < -0.39 is 0 Å². The zero-order valence-corrected chi connectivity index (χ0v) is 15.0. The van der Waals surface area contributed by atoms with E-state index in [4.69, 9.17) is 0 Å². The molecule has 0 bridgehead atoms. The third kappa shape index (κ3) is 3.40. The van der Waals surface area contributed by atoms with Gasteiger partial charge in [0.25, 0.3) is 0 Å². The summed E-state index contributed by atoms with van der Waals surface area (Å²) in [5.41, 5.74) is 1.25. The van der Waals surface area contributed by atoms with E-state index in [0.717, 1.165) is 24.8 Å². The minimum Gasteiger partial charge on any atom is -0.342 e. The summed E-state index contributed by atoms with van der Waals surface area (Å²) >= 11 is 1.83. The Kier molecular flexibility index (Phi) is 5.55. The quantitative estimate of drug-likeness (QED) is 0.886. The first kappa shape index (κ1) is 17.1. The summed E-state index contributed by atoms with van der Waals surface area (Å²) in [6.45, 7) is 3.08. The SMILES string of the molecule is Cl.O=C(C1CSc2ccccc21)N1CCC(C2CCCN2)CC1. The molecule has 2 fully saturated rings. The van der Waals surface area contributed by atoms with E-state index >= 15 is 0 Å². The fraction of sp³-hybridized carbons (Fsp3) is 0.611. The maximum Gasteiger partial charge on any atom is 0.231 e. The Labute approximate surface area is 149 Å². The van der Waals surface area contributed by atoms with E-state index in [-0.39, 0.29) is 18.3 Å². The van der Waals surface area contributed by atoms with Gasteiger partial charge >= 0.3 is 0 Å². The Bertz CT molecular complexity index is 554. The number of likely N-dealkylation sites (tertiary alicyclic amines) is 1. The van der Waals surface area contributed by atoms with Crippen LogP contribution in [0.25, 0.3) is 0 Å². The molecule has 5 heteroatoms. The number of benzene rings is 1. The Morgan fingerprint density at radius 2 is 1.96 bits per heavy atom. The van der Waals surface area contributed by atoms with Crippen LogP contribution in [0.5, 0.6) is 0 Å². The van der Waals surface area contributed by atoms with Gasteiger partial charge in [0.05, 0.1) is 5.92 Å². The number of amides is 1. The highest BCUT2D eigenvalue weighted by molar-refractivity contribution is 7.99. The van der Waals surface area contributed by atoms with E-state index in [2.05, 4.69) is 34.5 Å². The highest BCUT2D eigenvalue weighted by Gasteiger charge is 2.35. The van der Waals surface area contributed by atoms with E-state index in [9.17, 15) is 4.79 Å². The highest BCUT2D eigenvalue weighted by Crippen LogP contribution is 2.40. The van der Waals surface area contributed by atoms with Crippen LogP contribution in [0.3, 0.4) is 0 Å². The van der Waals surface area contributed by atoms with Crippen LogP contribution < -0.4 is 5.32 Å². The van der Waals surface area contributed by atoms with Crippen LogP contribution in [0, 0.1) is 5.92 Å². The first-order valence-electron chi connectivity index (χ1n) is 8.57. The van der Waals surface area contributed by atoms with Crippen molar-refractivity contribution in [2.45, 2.75) is 42.5 Å². The van der Waals surface area contributed by atoms with Crippen molar-refractivity contribution < 1.29 is 4.79 Å². The fourth-order valence-electron chi connectivity index (χ4n) is 4.22. The van der Waals surface area contributed by atoms with Gasteiger partial charge in [0.15, 0.2) is 0 Å². The van der Waals surface area contributed by atoms with Gasteiger partial charge in [-0.2, -0.15) is 0 Å². The summed E-state index contributed by atoms with van der Waals surface area (Å²) in [5, 5.41) is 3.63. The van der Waals surface area contributed by atoms with Crippen LogP contribution in [0.15, 0.2) is 29.2 Å². The van der Waals surface area contributed by atoms with Crippen molar-refractivity contribution in [1.29, 1.82) is 0 Å². The lowest BCUT2D eigenvalue weighted by Crippen LogP contribution is -2.45. The van der Waals surface area contributed by atoms with Crippen molar-refractivity contribution in [2.75, 3.05) is 25.4 Å². The minimum atomic E-state index is 0. The molecule has 3 aliphatic heterocycles. The van der Waals surface area contributed by atoms with Gasteiger partial charge in [0, 0.05) is 29.8 Å². The zero-order chi connectivity index (χ0) is 14.9. The second kappa shape index (κ2) is 7.45. The first-order chi connectivity index (χ1) is 10.8. The molecule has 1 amide bonds. The molecule has 126 valence electrons. The van der Waals surface area contributed by atoms with Crippen LogP contribution in [0.2, 0.25) is 0 Å². The Morgan fingerprint density at radius 3 is 2.70 bits per heavy atom. The summed E-state index contributed by atoms with van der Waals surface area (Å²) in [6.07, 6.45) is 4.99. The average molecular weight is 353 g/mol. The maximum atomic E-state index is 12.9. The van der Waals surface area contributed by atoms with Crippen molar-refractivity contribution >= 4 is 30.1 Å². The van der Waals surface area contributed by atoms with Crippen molar-refractivity contribution in [3.05, 3.63) is 29.8 Å². The van der Waals surface area contributed by atoms with Gasteiger partial charge in [-0.25, -0.2) is 0 Å². The van der Waals surface area contributed by atoms with Crippen molar-refractivity contribution in [1.82, 2.24) is 10.2 Å². The van der Waals surface area contributed by atoms with Crippen LogP contribution in [-0.4, -0.2) is 42.2 Å². The molecule has 3 heterocycles. The summed E-state index contributed by atoms with van der Waals surface area (Å²) in [4.78, 5) is 16.3. The molecule has 23 heavy (non-hydrogen) atoms. The molecule has 2 saturated heterocycles. The molecule has 4 rings (SSSR count). The number of nitrogens with one attached hydrogen (secondary N) is 1. The van der Waals surface area contributed by atoms with Gasteiger partial charge in [-0.1, -0.05) is 18.2 Å². The highest BCUT2D eigenvalue weighted by atomic mass is 35.5. The Hall–Kier alpha value is -0.710. The molecule has 0 radical (unpaired) electrons. The molecule has 3 aliphatic rings. The number of piperidine rings is 1. The van der Waals surface area contributed by atoms with E-state index in [0.29, 0.717) is 11.9 Å². The summed E-state index contributed by atoms with van der Waals surface area (Å²) in [5.74, 6) is 2.14. The second-order valence-corrected chi connectivity index (χ2v) is 7.83. The smallest absolute Gasteiger partial charge is 0.231 e. The average Bonchev–Trinajstić information content (AvgIpc) is 3.24. The summed E-state index contributed by atoms with van der Waals surface area (Å²) in [7, 11) is 0. The number of hydrogen-bond donors (Lipinski definition) is 1. The minimum absolute atomic E-state index is 0. The molecule has 1 N–H and O–H groups in total. The molecular weight excluding hydrogens is 328 g/mol. The topological polar surface area (TPSA) is 32.3 Å². The van der Waals surface area contributed by atoms with Gasteiger partial charge in [0.1, 0.15) is 0 Å². The molecule has 2 atom stereocenters. The van der Waals surface area contributed by atoms with E-state index in [1.165, 1.54) is 42.7 Å². The predicted molar refractivity (Wildman–Crippen MR) is 97.5 cm³/mol. The lowest BCUT2D eigenvalue weighted by Gasteiger charge is -2.36. The monoisotopic (exact) mass is 352 g/mol. The van der Waals surface area contributed by atoms with Crippen molar-refractivity contribution in [2.24, 2.45) is 5.92 Å². The van der Waals surface area contributed by atoms with Crippen molar-refractivity contribution in [3.63, 3.8) is 0 Å². The molecule has 2 unspecified atom stereocenters. The third-order valence-electron chi connectivity index (χ3n) is 5.52. The number of nitrogens with zero attached hydrogens (tertiary/aromatic N) is 1. The fourth-order valence-corrected chi connectivity index (χ4v) is 5.44.